The van der Waals surface area contributed by atoms with E-state index in [1.807, 2.05) is 7.05 Å². The molecule has 0 aromatic carbocycles. The molecule has 0 aromatic heterocycles. The average molecular weight is 296 g/mol. The Morgan fingerprint density at radius 2 is 2.14 bits per heavy atom. The number of methoxy groups -OCH3 is 1. The highest BCUT2D eigenvalue weighted by atomic mass is 16.5. The predicted octanol–water partition coefficient (Wildman–Crippen LogP) is 1.26. The van der Waals surface area contributed by atoms with Crippen LogP contribution in [0.15, 0.2) is 4.99 Å². The van der Waals surface area contributed by atoms with E-state index in [0.717, 1.165) is 44.7 Å². The van der Waals surface area contributed by atoms with Crippen LogP contribution in [0.3, 0.4) is 0 Å². The number of likely N-dealkylation sites (tertiary alicyclic amines) is 2. The van der Waals surface area contributed by atoms with Crippen molar-refractivity contribution in [2.75, 3.05) is 60.0 Å². The molecule has 2 heterocycles. The lowest BCUT2D eigenvalue weighted by Crippen LogP contribution is -2.45. The third-order valence-electron chi connectivity index (χ3n) is 4.65. The summed E-state index contributed by atoms with van der Waals surface area (Å²) in [6.45, 7) is 9.99. The first-order chi connectivity index (χ1) is 10.2. The maximum Gasteiger partial charge on any atom is 0.193 e. The molecule has 2 unspecified atom stereocenters. The summed E-state index contributed by atoms with van der Waals surface area (Å²) in [4.78, 5) is 9.37. The van der Waals surface area contributed by atoms with Crippen molar-refractivity contribution in [3.8, 4) is 0 Å². The Morgan fingerprint density at radius 3 is 2.86 bits per heavy atom. The molecule has 2 atom stereocenters. The summed E-state index contributed by atoms with van der Waals surface area (Å²) in [5.74, 6) is 2.56. The largest absolute Gasteiger partial charge is 0.384 e. The van der Waals surface area contributed by atoms with E-state index in [-0.39, 0.29) is 0 Å². The van der Waals surface area contributed by atoms with Gasteiger partial charge < -0.3 is 19.9 Å². The minimum atomic E-state index is 0.650. The van der Waals surface area contributed by atoms with Gasteiger partial charge in [0, 0.05) is 52.8 Å². The van der Waals surface area contributed by atoms with Crippen LogP contribution in [0.5, 0.6) is 0 Å². The van der Waals surface area contributed by atoms with Gasteiger partial charge in [-0.1, -0.05) is 6.92 Å². The maximum absolute atomic E-state index is 5.26. The SMILES string of the molecule is CN=C(NCCN1CCCC(C)C1)N1CCC(COC)C1. The predicted molar refractivity (Wildman–Crippen MR) is 87.8 cm³/mol. The Bertz CT molecular complexity index is 334. The highest BCUT2D eigenvalue weighted by molar-refractivity contribution is 5.80. The van der Waals surface area contributed by atoms with Crippen molar-refractivity contribution in [2.24, 2.45) is 16.8 Å². The number of piperidine rings is 1. The number of nitrogens with one attached hydrogen (secondary N) is 1. The van der Waals surface area contributed by atoms with Gasteiger partial charge in [0.15, 0.2) is 5.96 Å². The molecule has 0 aromatic rings. The van der Waals surface area contributed by atoms with Crippen molar-refractivity contribution in [3.05, 3.63) is 0 Å². The van der Waals surface area contributed by atoms with Crippen LogP contribution in [0, 0.1) is 11.8 Å². The van der Waals surface area contributed by atoms with Gasteiger partial charge in [0.25, 0.3) is 0 Å². The van der Waals surface area contributed by atoms with Crippen LogP contribution in [0.25, 0.3) is 0 Å². The molecule has 2 aliphatic heterocycles. The molecule has 2 fully saturated rings. The third kappa shape index (κ3) is 5.15. The van der Waals surface area contributed by atoms with Crippen LogP contribution in [0.1, 0.15) is 26.2 Å². The lowest BCUT2D eigenvalue weighted by Gasteiger charge is -2.31. The van der Waals surface area contributed by atoms with Gasteiger partial charge in [-0.2, -0.15) is 0 Å². The zero-order valence-electron chi connectivity index (χ0n) is 14.0. The standard InChI is InChI=1S/C16H32N4O/c1-14-5-4-8-19(11-14)10-7-18-16(17-2)20-9-6-15(12-20)13-21-3/h14-15H,4-13H2,1-3H3,(H,17,18). The average Bonchev–Trinajstić information content (AvgIpc) is 2.92. The van der Waals surface area contributed by atoms with E-state index >= 15 is 0 Å². The fourth-order valence-electron chi connectivity index (χ4n) is 3.54. The van der Waals surface area contributed by atoms with Crippen molar-refractivity contribution in [1.82, 2.24) is 15.1 Å². The Morgan fingerprint density at radius 1 is 1.29 bits per heavy atom. The number of guanidine groups is 1. The molecular formula is C16H32N4O. The van der Waals surface area contributed by atoms with Crippen LogP contribution < -0.4 is 5.32 Å². The van der Waals surface area contributed by atoms with Crippen molar-refractivity contribution in [2.45, 2.75) is 26.2 Å². The highest BCUT2D eigenvalue weighted by Gasteiger charge is 2.24. The molecule has 0 bridgehead atoms. The van der Waals surface area contributed by atoms with Gasteiger partial charge in [0.2, 0.25) is 0 Å². The van der Waals surface area contributed by atoms with Gasteiger partial charge in [0.05, 0.1) is 6.61 Å². The zero-order valence-corrected chi connectivity index (χ0v) is 14.0. The Hall–Kier alpha value is -0.810. The fraction of sp³-hybridized carbons (Fsp3) is 0.938. The van der Waals surface area contributed by atoms with Crippen molar-refractivity contribution in [1.29, 1.82) is 0 Å². The summed E-state index contributed by atoms with van der Waals surface area (Å²) in [5.41, 5.74) is 0. The van der Waals surface area contributed by atoms with E-state index in [1.54, 1.807) is 7.11 Å². The first-order valence-electron chi connectivity index (χ1n) is 8.39. The minimum Gasteiger partial charge on any atom is -0.384 e. The van der Waals surface area contributed by atoms with E-state index in [9.17, 15) is 0 Å². The number of hydrogen-bond donors (Lipinski definition) is 1. The Labute approximate surface area is 129 Å². The van der Waals surface area contributed by atoms with Crippen LogP contribution in [-0.2, 0) is 4.74 Å². The second kappa shape index (κ2) is 8.59. The maximum atomic E-state index is 5.26. The van der Waals surface area contributed by atoms with Gasteiger partial charge in [-0.05, 0) is 31.7 Å². The molecule has 21 heavy (non-hydrogen) atoms. The van der Waals surface area contributed by atoms with Gasteiger partial charge in [-0.3, -0.25) is 4.99 Å². The van der Waals surface area contributed by atoms with E-state index in [0.29, 0.717) is 5.92 Å². The molecule has 1 N–H and O–H groups in total. The third-order valence-corrected chi connectivity index (χ3v) is 4.65. The quantitative estimate of drug-likeness (QED) is 0.612. The van der Waals surface area contributed by atoms with E-state index < -0.39 is 0 Å². The number of hydrogen-bond acceptors (Lipinski definition) is 3. The molecule has 0 radical (unpaired) electrons. The van der Waals surface area contributed by atoms with E-state index in [4.69, 9.17) is 4.74 Å². The molecule has 2 rings (SSSR count). The van der Waals surface area contributed by atoms with Gasteiger partial charge in [-0.15, -0.1) is 0 Å². The lowest BCUT2D eigenvalue weighted by molar-refractivity contribution is 0.157. The molecule has 2 saturated heterocycles. The monoisotopic (exact) mass is 296 g/mol. The second-order valence-corrected chi connectivity index (χ2v) is 6.58. The lowest BCUT2D eigenvalue weighted by atomic mass is 10.0. The summed E-state index contributed by atoms with van der Waals surface area (Å²) >= 11 is 0. The number of rotatable bonds is 5. The summed E-state index contributed by atoms with van der Waals surface area (Å²) in [6, 6.07) is 0. The van der Waals surface area contributed by atoms with Gasteiger partial charge in [-0.25, -0.2) is 0 Å². The first-order valence-corrected chi connectivity index (χ1v) is 8.39. The Balaban J connectivity index is 1.68. The number of aliphatic imine (C=N–C) groups is 1. The summed E-state index contributed by atoms with van der Waals surface area (Å²) in [5, 5.41) is 3.53. The summed E-state index contributed by atoms with van der Waals surface area (Å²) < 4.78 is 5.26. The van der Waals surface area contributed by atoms with E-state index in [2.05, 4.69) is 27.0 Å². The molecule has 5 heteroatoms. The molecule has 2 aliphatic rings. The van der Waals surface area contributed by atoms with Crippen LogP contribution in [0.4, 0.5) is 0 Å². The van der Waals surface area contributed by atoms with Crippen LogP contribution >= 0.6 is 0 Å². The van der Waals surface area contributed by atoms with Crippen molar-refractivity contribution in [3.63, 3.8) is 0 Å². The minimum absolute atomic E-state index is 0.650. The Kier molecular flexibility index (Phi) is 6.77. The molecule has 0 amide bonds. The van der Waals surface area contributed by atoms with Crippen molar-refractivity contribution >= 4 is 5.96 Å². The molecule has 5 nitrogen and oxygen atoms in total. The van der Waals surface area contributed by atoms with Crippen LogP contribution in [0.2, 0.25) is 0 Å². The van der Waals surface area contributed by atoms with E-state index in [1.165, 1.54) is 32.4 Å². The molecule has 0 aliphatic carbocycles. The molecule has 0 saturated carbocycles. The molecular weight excluding hydrogens is 264 g/mol. The molecule has 0 spiro atoms. The summed E-state index contributed by atoms with van der Waals surface area (Å²) in [7, 11) is 3.67. The summed E-state index contributed by atoms with van der Waals surface area (Å²) in [6.07, 6.45) is 3.94. The van der Waals surface area contributed by atoms with Gasteiger partial charge >= 0.3 is 0 Å². The topological polar surface area (TPSA) is 40.1 Å². The van der Waals surface area contributed by atoms with Gasteiger partial charge in [0.1, 0.15) is 0 Å². The number of ether oxygens (including phenoxy) is 1. The normalized spacial score (nSPS) is 28.1. The fourth-order valence-corrected chi connectivity index (χ4v) is 3.54. The molecule has 122 valence electrons. The second-order valence-electron chi connectivity index (χ2n) is 6.58. The zero-order chi connectivity index (χ0) is 15.1. The number of nitrogens with zero attached hydrogens (tertiary/aromatic N) is 3. The van der Waals surface area contributed by atoms with Crippen molar-refractivity contribution < 1.29 is 4.74 Å². The van der Waals surface area contributed by atoms with Crippen LogP contribution in [-0.4, -0.2) is 75.8 Å². The smallest absolute Gasteiger partial charge is 0.193 e. The highest BCUT2D eigenvalue weighted by Crippen LogP contribution is 2.16. The first kappa shape index (κ1) is 16.6.